The van der Waals surface area contributed by atoms with Crippen LogP contribution in [0, 0.1) is 5.82 Å². The number of hydrogen-bond donors (Lipinski definition) is 2. The van der Waals surface area contributed by atoms with Crippen LogP contribution in [0.4, 0.5) is 17.6 Å². The van der Waals surface area contributed by atoms with Crippen molar-refractivity contribution in [3.05, 3.63) is 35.1 Å². The molecule has 1 unspecified atom stereocenters. The summed E-state index contributed by atoms with van der Waals surface area (Å²) in [6.07, 6.45) is -5.43. The predicted molar refractivity (Wildman–Crippen MR) is 50.6 cm³/mol. The maximum Gasteiger partial charge on any atom is 0.416 e. The Morgan fingerprint density at radius 1 is 1.41 bits per heavy atom. The highest BCUT2D eigenvalue weighted by atomic mass is 19.4. The van der Waals surface area contributed by atoms with Gasteiger partial charge in [-0.25, -0.2) is 4.39 Å². The van der Waals surface area contributed by atoms with Crippen molar-refractivity contribution in [2.75, 3.05) is 0 Å². The summed E-state index contributed by atoms with van der Waals surface area (Å²) in [7, 11) is 0. The Bertz CT molecular complexity index is 431. The quantitative estimate of drug-likeness (QED) is 0.810. The Labute approximate surface area is 93.8 Å². The SMILES string of the molecule is NC(CC(=O)O)c1ccc(F)cc1C(F)(F)F. The summed E-state index contributed by atoms with van der Waals surface area (Å²) in [5.74, 6) is -2.38. The molecule has 0 heterocycles. The van der Waals surface area contributed by atoms with Gasteiger partial charge in [0.25, 0.3) is 0 Å². The minimum atomic E-state index is -4.77. The van der Waals surface area contributed by atoms with E-state index in [0.29, 0.717) is 6.07 Å². The molecule has 1 atom stereocenters. The maximum atomic E-state index is 12.7. The summed E-state index contributed by atoms with van der Waals surface area (Å²) in [6, 6.07) is 0.638. The third-order valence-corrected chi connectivity index (χ3v) is 2.11. The number of alkyl halides is 3. The van der Waals surface area contributed by atoms with Gasteiger partial charge in [-0.15, -0.1) is 0 Å². The lowest BCUT2D eigenvalue weighted by Gasteiger charge is -2.17. The highest BCUT2D eigenvalue weighted by molar-refractivity contribution is 5.68. The fourth-order valence-electron chi connectivity index (χ4n) is 1.40. The second-order valence-electron chi connectivity index (χ2n) is 3.43. The third-order valence-electron chi connectivity index (χ3n) is 2.11. The highest BCUT2D eigenvalue weighted by Gasteiger charge is 2.35. The van der Waals surface area contributed by atoms with E-state index in [1.807, 2.05) is 0 Å². The van der Waals surface area contributed by atoms with Crippen LogP contribution in [0.3, 0.4) is 0 Å². The number of carbonyl (C=O) groups is 1. The van der Waals surface area contributed by atoms with Gasteiger partial charge in [0.05, 0.1) is 12.0 Å². The van der Waals surface area contributed by atoms with Crippen LogP contribution in [0.1, 0.15) is 23.6 Å². The molecule has 7 heteroatoms. The molecule has 1 aromatic rings. The van der Waals surface area contributed by atoms with Gasteiger partial charge in [-0.3, -0.25) is 4.79 Å². The Morgan fingerprint density at radius 3 is 2.47 bits per heavy atom. The molecule has 0 bridgehead atoms. The number of carboxylic acids is 1. The van der Waals surface area contributed by atoms with Crippen molar-refractivity contribution < 1.29 is 27.5 Å². The van der Waals surface area contributed by atoms with Crippen LogP contribution in [0.2, 0.25) is 0 Å². The van der Waals surface area contributed by atoms with Gasteiger partial charge in [0.1, 0.15) is 5.82 Å². The molecule has 0 aliphatic carbocycles. The van der Waals surface area contributed by atoms with E-state index in [-0.39, 0.29) is 0 Å². The molecule has 1 rings (SSSR count). The summed E-state index contributed by atoms with van der Waals surface area (Å²) < 4.78 is 50.4. The lowest BCUT2D eigenvalue weighted by atomic mass is 9.98. The first-order valence-corrected chi connectivity index (χ1v) is 4.56. The molecule has 0 saturated carbocycles. The van der Waals surface area contributed by atoms with E-state index in [1.165, 1.54) is 0 Å². The molecule has 0 radical (unpaired) electrons. The Hall–Kier alpha value is -1.63. The van der Waals surface area contributed by atoms with Crippen molar-refractivity contribution in [3.8, 4) is 0 Å². The van der Waals surface area contributed by atoms with Gasteiger partial charge in [0.15, 0.2) is 0 Å². The number of aliphatic carboxylic acids is 1. The zero-order chi connectivity index (χ0) is 13.2. The van der Waals surface area contributed by atoms with Crippen molar-refractivity contribution in [3.63, 3.8) is 0 Å². The lowest BCUT2D eigenvalue weighted by molar-refractivity contribution is -0.140. The molecule has 0 amide bonds. The average molecular weight is 251 g/mol. The monoisotopic (exact) mass is 251 g/mol. The lowest BCUT2D eigenvalue weighted by Crippen LogP contribution is -2.20. The van der Waals surface area contributed by atoms with Crippen molar-refractivity contribution in [1.29, 1.82) is 0 Å². The zero-order valence-corrected chi connectivity index (χ0v) is 8.46. The fraction of sp³-hybridized carbons (Fsp3) is 0.300. The molecule has 3 nitrogen and oxygen atoms in total. The normalized spacial score (nSPS) is 13.5. The average Bonchev–Trinajstić information content (AvgIpc) is 2.14. The van der Waals surface area contributed by atoms with Crippen molar-refractivity contribution in [2.24, 2.45) is 5.73 Å². The summed E-state index contributed by atoms with van der Waals surface area (Å²) in [5, 5.41) is 8.46. The largest absolute Gasteiger partial charge is 0.481 e. The number of rotatable bonds is 3. The smallest absolute Gasteiger partial charge is 0.416 e. The Morgan fingerprint density at radius 2 is 2.00 bits per heavy atom. The van der Waals surface area contributed by atoms with E-state index >= 15 is 0 Å². The number of benzene rings is 1. The van der Waals surface area contributed by atoms with Gasteiger partial charge in [-0.2, -0.15) is 13.2 Å². The van der Waals surface area contributed by atoms with Gasteiger partial charge < -0.3 is 10.8 Å². The van der Waals surface area contributed by atoms with Crippen LogP contribution >= 0.6 is 0 Å². The van der Waals surface area contributed by atoms with E-state index in [2.05, 4.69) is 0 Å². The van der Waals surface area contributed by atoms with Gasteiger partial charge in [-0.1, -0.05) is 6.07 Å². The summed E-state index contributed by atoms with van der Waals surface area (Å²) in [6.45, 7) is 0. The summed E-state index contributed by atoms with van der Waals surface area (Å²) >= 11 is 0. The molecule has 17 heavy (non-hydrogen) atoms. The van der Waals surface area contributed by atoms with Gasteiger partial charge in [0, 0.05) is 6.04 Å². The maximum absolute atomic E-state index is 12.7. The highest BCUT2D eigenvalue weighted by Crippen LogP contribution is 2.35. The molecule has 0 spiro atoms. The van der Waals surface area contributed by atoms with E-state index in [4.69, 9.17) is 10.8 Å². The van der Waals surface area contributed by atoms with E-state index in [0.717, 1.165) is 12.1 Å². The number of halogens is 4. The van der Waals surface area contributed by atoms with Crippen LogP contribution in [0.25, 0.3) is 0 Å². The van der Waals surface area contributed by atoms with Gasteiger partial charge in [0.2, 0.25) is 0 Å². The van der Waals surface area contributed by atoms with Crippen LogP contribution in [0.5, 0.6) is 0 Å². The zero-order valence-electron chi connectivity index (χ0n) is 8.46. The van der Waals surface area contributed by atoms with E-state index in [9.17, 15) is 22.4 Å². The van der Waals surface area contributed by atoms with Crippen LogP contribution in [-0.4, -0.2) is 11.1 Å². The second kappa shape index (κ2) is 4.70. The fourth-order valence-corrected chi connectivity index (χ4v) is 1.40. The van der Waals surface area contributed by atoms with Crippen LogP contribution < -0.4 is 5.73 Å². The topological polar surface area (TPSA) is 63.3 Å². The first-order chi connectivity index (χ1) is 7.71. The minimum Gasteiger partial charge on any atom is -0.481 e. The molecule has 94 valence electrons. The van der Waals surface area contributed by atoms with Gasteiger partial charge >= 0.3 is 12.1 Å². The predicted octanol–water partition coefficient (Wildman–Crippen LogP) is 2.32. The molecular formula is C10H9F4NO2. The van der Waals surface area contributed by atoms with Crippen LogP contribution in [-0.2, 0) is 11.0 Å². The third kappa shape index (κ3) is 3.42. The number of carboxylic acid groups (broad SMARTS) is 1. The molecular weight excluding hydrogens is 242 g/mol. The molecule has 0 saturated heterocycles. The first kappa shape index (κ1) is 13.4. The Kier molecular flexibility index (Phi) is 3.72. The number of nitrogens with two attached hydrogens (primary N) is 1. The van der Waals surface area contributed by atoms with E-state index in [1.54, 1.807) is 0 Å². The van der Waals surface area contributed by atoms with Crippen molar-refractivity contribution in [1.82, 2.24) is 0 Å². The second-order valence-corrected chi connectivity index (χ2v) is 3.43. The standard InChI is InChI=1S/C10H9F4NO2/c11-5-1-2-6(8(15)4-9(16)17)7(3-5)10(12,13)14/h1-3,8H,4,15H2,(H,16,17). The molecule has 0 aromatic heterocycles. The van der Waals surface area contributed by atoms with Crippen molar-refractivity contribution >= 4 is 5.97 Å². The molecule has 3 N–H and O–H groups in total. The molecule has 1 aromatic carbocycles. The van der Waals surface area contributed by atoms with E-state index < -0.39 is 41.6 Å². The molecule has 0 aliphatic rings. The van der Waals surface area contributed by atoms with Gasteiger partial charge in [-0.05, 0) is 17.7 Å². The summed E-state index contributed by atoms with van der Waals surface area (Å²) in [5.41, 5.74) is 3.67. The summed E-state index contributed by atoms with van der Waals surface area (Å²) in [4.78, 5) is 10.4. The first-order valence-electron chi connectivity index (χ1n) is 4.56. The molecule has 0 aliphatic heterocycles. The van der Waals surface area contributed by atoms with Crippen LogP contribution in [0.15, 0.2) is 18.2 Å². The molecule has 0 fully saturated rings. The number of hydrogen-bond acceptors (Lipinski definition) is 2. The minimum absolute atomic E-state index is 0.303. The van der Waals surface area contributed by atoms with Crippen molar-refractivity contribution in [2.45, 2.75) is 18.6 Å². The Balaban J connectivity index is 3.19.